The minimum atomic E-state index is -0.534. The highest BCUT2D eigenvalue weighted by atomic mass is 35.5. The van der Waals surface area contributed by atoms with E-state index in [2.05, 4.69) is 21.1 Å². The van der Waals surface area contributed by atoms with Crippen LogP contribution in [-0.2, 0) is 9.53 Å². The number of esters is 1. The van der Waals surface area contributed by atoms with Gasteiger partial charge in [0.1, 0.15) is 12.3 Å². The van der Waals surface area contributed by atoms with Gasteiger partial charge in [-0.2, -0.15) is 10.2 Å². The smallest absolute Gasteiger partial charge is 0.361 e. The molecular weight excluding hydrogens is 351 g/mol. The van der Waals surface area contributed by atoms with Crippen LogP contribution in [0.25, 0.3) is 0 Å². The number of nitrogens with one attached hydrogen (secondary N) is 2. The van der Waals surface area contributed by atoms with Crippen LogP contribution in [0.3, 0.4) is 0 Å². The lowest BCUT2D eigenvalue weighted by Gasteiger charge is -2.02. The molecule has 1 heterocycles. The van der Waals surface area contributed by atoms with Gasteiger partial charge in [-0.05, 0) is 48.5 Å². The standard InChI is InChI=1S/C16H12Cl2N4O2/c17-10-1-5-12(6-2-10)19-21-14-9-24-16(23)15(14)22-20-13-7-3-11(18)4-8-13/h1-8,19-20H,9H2/b21-14+,22-15-. The predicted octanol–water partition coefficient (Wildman–Crippen LogP) is 3.79. The lowest BCUT2D eigenvalue weighted by Crippen LogP contribution is -2.18. The van der Waals surface area contributed by atoms with Crippen LogP contribution in [0.5, 0.6) is 0 Å². The van der Waals surface area contributed by atoms with Gasteiger partial charge in [-0.1, -0.05) is 23.2 Å². The van der Waals surface area contributed by atoms with Crippen molar-refractivity contribution in [3.8, 4) is 0 Å². The second-order valence-corrected chi connectivity index (χ2v) is 5.71. The molecule has 0 saturated carbocycles. The predicted molar refractivity (Wildman–Crippen MR) is 96.0 cm³/mol. The third-order valence-electron chi connectivity index (χ3n) is 3.11. The number of anilines is 2. The Kier molecular flexibility index (Phi) is 4.98. The number of hydrogen-bond acceptors (Lipinski definition) is 6. The van der Waals surface area contributed by atoms with E-state index >= 15 is 0 Å². The Hall–Kier alpha value is -2.57. The lowest BCUT2D eigenvalue weighted by atomic mass is 10.3. The number of hydrazone groups is 2. The number of cyclic esters (lactones) is 1. The Bertz CT molecular complexity index is 802. The molecule has 1 aliphatic rings. The van der Waals surface area contributed by atoms with Gasteiger partial charge >= 0.3 is 5.97 Å². The summed E-state index contributed by atoms with van der Waals surface area (Å²) in [6.45, 7) is 0.0561. The van der Waals surface area contributed by atoms with Crippen molar-refractivity contribution < 1.29 is 9.53 Å². The number of carbonyl (C=O) groups is 1. The molecule has 0 aliphatic carbocycles. The van der Waals surface area contributed by atoms with Crippen LogP contribution in [0.15, 0.2) is 58.7 Å². The molecule has 0 aromatic heterocycles. The van der Waals surface area contributed by atoms with Crippen molar-refractivity contribution in [3.05, 3.63) is 58.6 Å². The average molecular weight is 363 g/mol. The third-order valence-corrected chi connectivity index (χ3v) is 3.62. The highest BCUT2D eigenvalue weighted by Gasteiger charge is 2.29. The minimum Gasteiger partial charge on any atom is -0.454 e. The van der Waals surface area contributed by atoms with Crippen LogP contribution in [0, 0.1) is 0 Å². The summed E-state index contributed by atoms with van der Waals surface area (Å²) in [4.78, 5) is 11.8. The van der Waals surface area contributed by atoms with E-state index < -0.39 is 5.97 Å². The van der Waals surface area contributed by atoms with Crippen LogP contribution >= 0.6 is 23.2 Å². The van der Waals surface area contributed by atoms with Gasteiger partial charge in [0.05, 0.1) is 11.4 Å². The second kappa shape index (κ2) is 7.33. The molecule has 24 heavy (non-hydrogen) atoms. The lowest BCUT2D eigenvalue weighted by molar-refractivity contribution is -0.132. The Balaban J connectivity index is 1.73. The van der Waals surface area contributed by atoms with E-state index in [0.29, 0.717) is 21.4 Å². The van der Waals surface area contributed by atoms with Crippen LogP contribution in [-0.4, -0.2) is 24.0 Å². The summed E-state index contributed by atoms with van der Waals surface area (Å²) in [6, 6.07) is 13.9. The fourth-order valence-electron chi connectivity index (χ4n) is 1.89. The first-order valence-corrected chi connectivity index (χ1v) is 7.72. The molecule has 0 amide bonds. The van der Waals surface area contributed by atoms with E-state index in [0.717, 1.165) is 5.69 Å². The van der Waals surface area contributed by atoms with E-state index in [1.54, 1.807) is 48.5 Å². The molecule has 2 N–H and O–H groups in total. The Morgan fingerprint density at radius 1 is 0.833 bits per heavy atom. The van der Waals surface area contributed by atoms with Gasteiger partial charge in [0.2, 0.25) is 0 Å². The summed E-state index contributed by atoms with van der Waals surface area (Å²) < 4.78 is 4.97. The molecule has 3 rings (SSSR count). The Labute approximate surface area is 148 Å². The van der Waals surface area contributed by atoms with Crippen LogP contribution < -0.4 is 10.9 Å². The maximum absolute atomic E-state index is 11.8. The first kappa shape index (κ1) is 16.3. The molecule has 2 aromatic carbocycles. The summed E-state index contributed by atoms with van der Waals surface area (Å²) in [6.07, 6.45) is 0. The number of ether oxygens (including phenoxy) is 1. The second-order valence-electron chi connectivity index (χ2n) is 4.83. The van der Waals surface area contributed by atoms with E-state index in [-0.39, 0.29) is 12.3 Å². The van der Waals surface area contributed by atoms with Gasteiger partial charge in [0, 0.05) is 10.0 Å². The zero-order valence-electron chi connectivity index (χ0n) is 12.3. The number of hydrogen-bond donors (Lipinski definition) is 2. The normalized spacial score (nSPS) is 17.2. The van der Waals surface area contributed by atoms with E-state index in [1.165, 1.54) is 0 Å². The van der Waals surface area contributed by atoms with Gasteiger partial charge in [-0.3, -0.25) is 10.9 Å². The van der Waals surface area contributed by atoms with Gasteiger partial charge in [-0.15, -0.1) is 0 Å². The summed E-state index contributed by atoms with van der Waals surface area (Å²) in [5.41, 5.74) is 7.56. The number of rotatable bonds is 4. The fraction of sp³-hybridized carbons (Fsp3) is 0.0625. The van der Waals surface area contributed by atoms with Crippen molar-refractivity contribution in [2.45, 2.75) is 0 Å². The van der Waals surface area contributed by atoms with Gasteiger partial charge < -0.3 is 4.74 Å². The monoisotopic (exact) mass is 362 g/mol. The zero-order chi connectivity index (χ0) is 16.9. The molecule has 1 fully saturated rings. The first-order chi connectivity index (χ1) is 11.6. The molecule has 0 spiro atoms. The summed E-state index contributed by atoms with van der Waals surface area (Å²) in [5, 5.41) is 9.48. The largest absolute Gasteiger partial charge is 0.454 e. The maximum atomic E-state index is 11.8. The molecule has 0 atom stereocenters. The molecule has 122 valence electrons. The molecule has 2 aromatic rings. The van der Waals surface area contributed by atoms with E-state index in [1.807, 2.05) is 0 Å². The van der Waals surface area contributed by atoms with E-state index in [9.17, 15) is 4.79 Å². The topological polar surface area (TPSA) is 75.1 Å². The highest BCUT2D eigenvalue weighted by molar-refractivity contribution is 6.68. The molecule has 8 heteroatoms. The highest BCUT2D eigenvalue weighted by Crippen LogP contribution is 2.15. The SMILES string of the molecule is O=C1OCC(=N\Nc2ccc(Cl)cc2)/C1=N/Nc1ccc(Cl)cc1. The van der Waals surface area contributed by atoms with Crippen molar-refractivity contribution in [1.82, 2.24) is 0 Å². The molecule has 0 unspecified atom stereocenters. The first-order valence-electron chi connectivity index (χ1n) is 6.97. The quantitative estimate of drug-likeness (QED) is 0.640. The number of benzene rings is 2. The van der Waals surface area contributed by atoms with Crippen molar-refractivity contribution in [2.75, 3.05) is 17.5 Å². The summed E-state index contributed by atoms with van der Waals surface area (Å²) in [5.74, 6) is -0.534. The Morgan fingerprint density at radius 2 is 1.33 bits per heavy atom. The molecule has 1 saturated heterocycles. The van der Waals surface area contributed by atoms with Gasteiger partial charge in [0.15, 0.2) is 5.71 Å². The maximum Gasteiger partial charge on any atom is 0.361 e. The number of carbonyl (C=O) groups excluding carboxylic acids is 1. The van der Waals surface area contributed by atoms with Crippen molar-refractivity contribution in [2.24, 2.45) is 10.2 Å². The average Bonchev–Trinajstić information content (AvgIpc) is 2.94. The van der Waals surface area contributed by atoms with Crippen molar-refractivity contribution in [1.29, 1.82) is 0 Å². The Morgan fingerprint density at radius 3 is 1.88 bits per heavy atom. The van der Waals surface area contributed by atoms with Crippen LogP contribution in [0.2, 0.25) is 10.0 Å². The van der Waals surface area contributed by atoms with Gasteiger partial charge in [0.25, 0.3) is 0 Å². The fourth-order valence-corrected chi connectivity index (χ4v) is 2.14. The van der Waals surface area contributed by atoms with Crippen molar-refractivity contribution >= 4 is 52.0 Å². The minimum absolute atomic E-state index is 0.0561. The number of halogens is 2. The molecule has 1 aliphatic heterocycles. The molecule has 0 radical (unpaired) electrons. The van der Waals surface area contributed by atoms with Gasteiger partial charge in [-0.25, -0.2) is 4.79 Å². The third kappa shape index (κ3) is 4.04. The summed E-state index contributed by atoms with van der Waals surface area (Å²) in [7, 11) is 0. The van der Waals surface area contributed by atoms with Crippen molar-refractivity contribution in [3.63, 3.8) is 0 Å². The molecule has 6 nitrogen and oxygen atoms in total. The van der Waals surface area contributed by atoms with E-state index in [4.69, 9.17) is 27.9 Å². The van der Waals surface area contributed by atoms with Crippen LogP contribution in [0.1, 0.15) is 0 Å². The number of nitrogens with zero attached hydrogens (tertiary/aromatic N) is 2. The summed E-state index contributed by atoms with van der Waals surface area (Å²) >= 11 is 11.6. The molecular formula is C16H12Cl2N4O2. The zero-order valence-corrected chi connectivity index (χ0v) is 13.8. The van der Waals surface area contributed by atoms with Crippen LogP contribution in [0.4, 0.5) is 11.4 Å². The molecule has 0 bridgehead atoms.